The van der Waals surface area contributed by atoms with Gasteiger partial charge in [0.05, 0.1) is 7.11 Å². The molecule has 0 aliphatic heterocycles. The Balaban J connectivity index is 3.03. The average molecular weight is 173 g/mol. The van der Waals surface area contributed by atoms with Gasteiger partial charge in [-0.2, -0.15) is 0 Å². The molecule has 11 heavy (non-hydrogen) atoms. The monoisotopic (exact) mass is 173 g/mol. The van der Waals surface area contributed by atoms with E-state index in [1.165, 1.54) is 7.11 Å². The number of anilines is 2. The Bertz CT molecular complexity index is 283. The van der Waals surface area contributed by atoms with Crippen LogP contribution in [0, 0.1) is 0 Å². The number of hydrogen-bond donors (Lipinski definition) is 2. The van der Waals surface area contributed by atoms with Crippen LogP contribution < -0.4 is 11.5 Å². The molecule has 0 saturated heterocycles. The molecule has 1 aromatic heterocycles. The molecule has 0 radical (unpaired) electrons. The molecule has 0 amide bonds. The highest BCUT2D eigenvalue weighted by atomic mass is 32.1. The van der Waals surface area contributed by atoms with Crippen LogP contribution in [0.4, 0.5) is 10.9 Å². The molecule has 0 bridgehead atoms. The Morgan fingerprint density at radius 1 is 1.64 bits per heavy atom. The first-order valence-corrected chi connectivity index (χ1v) is 3.57. The number of carbonyl (C=O) groups excluding carboxylic acids is 1. The van der Waals surface area contributed by atoms with Crippen LogP contribution in [0.5, 0.6) is 0 Å². The Labute approximate surface area is 67.0 Å². The maximum Gasteiger partial charge on any atom is 0.351 e. The van der Waals surface area contributed by atoms with E-state index in [1.807, 2.05) is 0 Å². The second-order valence-electron chi connectivity index (χ2n) is 1.76. The van der Waals surface area contributed by atoms with Crippen LogP contribution >= 0.6 is 11.3 Å². The third-order valence-corrected chi connectivity index (χ3v) is 1.92. The molecule has 6 heteroatoms. The van der Waals surface area contributed by atoms with Crippen molar-refractivity contribution in [2.45, 2.75) is 0 Å². The summed E-state index contributed by atoms with van der Waals surface area (Å²) >= 11 is 1.01. The standard InChI is InChI=1S/C5H7N3O2S/c1-10-4(9)2-3(6)8-5(7)11-2/h6H2,1H3,(H2,7,8). The molecule has 0 unspecified atom stereocenters. The lowest BCUT2D eigenvalue weighted by atomic mass is 10.5. The molecule has 1 rings (SSSR count). The van der Waals surface area contributed by atoms with Crippen molar-refractivity contribution in [3.05, 3.63) is 4.88 Å². The fourth-order valence-corrected chi connectivity index (χ4v) is 1.26. The molecule has 0 spiro atoms. The number of ether oxygens (including phenoxy) is 1. The van der Waals surface area contributed by atoms with Crippen LogP contribution in [-0.2, 0) is 4.74 Å². The zero-order valence-electron chi connectivity index (χ0n) is 5.83. The van der Waals surface area contributed by atoms with Gasteiger partial charge in [0.25, 0.3) is 0 Å². The van der Waals surface area contributed by atoms with Crippen molar-refractivity contribution < 1.29 is 9.53 Å². The number of nitrogen functional groups attached to an aromatic ring is 2. The highest BCUT2D eigenvalue weighted by Gasteiger charge is 2.14. The molecule has 5 nitrogen and oxygen atoms in total. The molecule has 0 saturated carbocycles. The minimum Gasteiger partial charge on any atom is -0.465 e. The number of nitrogens with two attached hydrogens (primary N) is 2. The smallest absolute Gasteiger partial charge is 0.351 e. The van der Waals surface area contributed by atoms with E-state index in [0.29, 0.717) is 0 Å². The van der Waals surface area contributed by atoms with E-state index < -0.39 is 5.97 Å². The van der Waals surface area contributed by atoms with Crippen LogP contribution in [0.2, 0.25) is 0 Å². The number of carbonyl (C=O) groups is 1. The maximum absolute atomic E-state index is 10.9. The average Bonchev–Trinajstić information content (AvgIpc) is 2.28. The molecule has 0 fully saturated rings. The van der Waals surface area contributed by atoms with Gasteiger partial charge in [0.1, 0.15) is 0 Å². The predicted molar refractivity (Wildman–Crippen MR) is 42.3 cm³/mol. The van der Waals surface area contributed by atoms with Gasteiger partial charge in [-0.05, 0) is 0 Å². The lowest BCUT2D eigenvalue weighted by molar-refractivity contribution is 0.0607. The van der Waals surface area contributed by atoms with E-state index in [2.05, 4.69) is 9.72 Å². The van der Waals surface area contributed by atoms with Crippen molar-refractivity contribution in [1.29, 1.82) is 0 Å². The lowest BCUT2D eigenvalue weighted by Crippen LogP contribution is -2.01. The topological polar surface area (TPSA) is 91.2 Å². The van der Waals surface area contributed by atoms with Gasteiger partial charge in [-0.15, -0.1) is 0 Å². The number of nitrogens with zero attached hydrogens (tertiary/aromatic N) is 1. The van der Waals surface area contributed by atoms with Crippen LogP contribution in [0.1, 0.15) is 9.67 Å². The first-order valence-electron chi connectivity index (χ1n) is 2.75. The molecule has 0 atom stereocenters. The molecule has 0 aliphatic carbocycles. The summed E-state index contributed by atoms with van der Waals surface area (Å²) in [6.07, 6.45) is 0. The zero-order chi connectivity index (χ0) is 8.43. The van der Waals surface area contributed by atoms with Gasteiger partial charge in [-0.3, -0.25) is 0 Å². The van der Waals surface area contributed by atoms with Crippen LogP contribution in [0.3, 0.4) is 0 Å². The molecular formula is C5H7N3O2S. The van der Waals surface area contributed by atoms with E-state index in [-0.39, 0.29) is 15.8 Å². The predicted octanol–water partition coefficient (Wildman–Crippen LogP) is 0.0941. The molecule has 1 heterocycles. The van der Waals surface area contributed by atoms with Crippen molar-refractivity contribution in [3.63, 3.8) is 0 Å². The van der Waals surface area contributed by atoms with Gasteiger partial charge in [0, 0.05) is 0 Å². The van der Waals surface area contributed by atoms with Gasteiger partial charge in [0.2, 0.25) is 0 Å². The Kier molecular flexibility index (Phi) is 1.95. The Hall–Kier alpha value is -1.30. The van der Waals surface area contributed by atoms with E-state index in [1.54, 1.807) is 0 Å². The minimum atomic E-state index is -0.503. The van der Waals surface area contributed by atoms with Crippen LogP contribution in [-0.4, -0.2) is 18.1 Å². The quantitative estimate of drug-likeness (QED) is 0.587. The SMILES string of the molecule is COC(=O)c1sc(N)nc1N. The number of hydrogen-bond acceptors (Lipinski definition) is 6. The Morgan fingerprint density at radius 2 is 2.27 bits per heavy atom. The summed E-state index contributed by atoms with van der Waals surface area (Å²) in [5.74, 6) is -0.379. The lowest BCUT2D eigenvalue weighted by Gasteiger charge is -1.92. The van der Waals surface area contributed by atoms with Crippen molar-refractivity contribution in [1.82, 2.24) is 4.98 Å². The molecule has 0 aliphatic rings. The van der Waals surface area contributed by atoms with Crippen molar-refractivity contribution >= 4 is 28.3 Å². The Morgan fingerprint density at radius 3 is 2.64 bits per heavy atom. The van der Waals surface area contributed by atoms with E-state index in [0.717, 1.165) is 11.3 Å². The first kappa shape index (κ1) is 7.80. The highest BCUT2D eigenvalue weighted by Crippen LogP contribution is 2.22. The molecular weight excluding hydrogens is 166 g/mol. The largest absolute Gasteiger partial charge is 0.465 e. The fraction of sp³-hybridized carbons (Fsp3) is 0.200. The van der Waals surface area contributed by atoms with Crippen LogP contribution in [0.15, 0.2) is 0 Å². The van der Waals surface area contributed by atoms with E-state index >= 15 is 0 Å². The van der Waals surface area contributed by atoms with Crippen LogP contribution in [0.25, 0.3) is 0 Å². The summed E-state index contributed by atoms with van der Waals surface area (Å²) in [4.78, 5) is 14.8. The number of esters is 1. The highest BCUT2D eigenvalue weighted by molar-refractivity contribution is 7.17. The third-order valence-electron chi connectivity index (χ3n) is 1.04. The van der Waals surface area contributed by atoms with Gasteiger partial charge in [0.15, 0.2) is 15.8 Å². The number of aromatic nitrogens is 1. The second kappa shape index (κ2) is 2.75. The summed E-state index contributed by atoms with van der Waals surface area (Å²) < 4.78 is 4.43. The molecule has 0 aromatic carbocycles. The maximum atomic E-state index is 10.9. The fourth-order valence-electron chi connectivity index (χ4n) is 0.588. The third kappa shape index (κ3) is 1.40. The second-order valence-corrected chi connectivity index (χ2v) is 2.79. The zero-order valence-corrected chi connectivity index (χ0v) is 6.64. The van der Waals surface area contributed by atoms with Gasteiger partial charge in [-0.25, -0.2) is 9.78 Å². The van der Waals surface area contributed by atoms with E-state index in [9.17, 15) is 4.79 Å². The summed E-state index contributed by atoms with van der Waals surface area (Å²) in [6, 6.07) is 0. The van der Waals surface area contributed by atoms with Gasteiger partial charge in [-0.1, -0.05) is 11.3 Å². The van der Waals surface area contributed by atoms with Crippen molar-refractivity contribution in [3.8, 4) is 0 Å². The normalized spacial score (nSPS) is 9.55. The number of rotatable bonds is 1. The number of methoxy groups -OCH3 is 1. The molecule has 4 N–H and O–H groups in total. The number of thiazole rings is 1. The van der Waals surface area contributed by atoms with Crippen molar-refractivity contribution in [2.75, 3.05) is 18.6 Å². The first-order chi connectivity index (χ1) is 5.15. The molecule has 1 aromatic rings. The summed E-state index contributed by atoms with van der Waals surface area (Å²) in [5.41, 5.74) is 10.6. The van der Waals surface area contributed by atoms with E-state index in [4.69, 9.17) is 11.5 Å². The molecule has 60 valence electrons. The summed E-state index contributed by atoms with van der Waals surface area (Å²) in [5, 5.41) is 0.267. The summed E-state index contributed by atoms with van der Waals surface area (Å²) in [7, 11) is 1.28. The minimum absolute atomic E-state index is 0.124. The summed E-state index contributed by atoms with van der Waals surface area (Å²) in [6.45, 7) is 0. The van der Waals surface area contributed by atoms with Gasteiger partial charge >= 0.3 is 5.97 Å². The van der Waals surface area contributed by atoms with Crippen molar-refractivity contribution in [2.24, 2.45) is 0 Å². The van der Waals surface area contributed by atoms with Gasteiger partial charge < -0.3 is 16.2 Å².